The van der Waals surface area contributed by atoms with E-state index in [2.05, 4.69) is 33.3 Å². The molecule has 1 aliphatic heterocycles. The van der Waals surface area contributed by atoms with Gasteiger partial charge in [0.15, 0.2) is 5.65 Å². The lowest BCUT2D eigenvalue weighted by Gasteiger charge is -2.16. The van der Waals surface area contributed by atoms with Crippen LogP contribution in [0.4, 0.5) is 5.95 Å². The van der Waals surface area contributed by atoms with E-state index in [0.29, 0.717) is 16.9 Å². The number of benzene rings is 1. The average molecular weight is 435 g/mol. The summed E-state index contributed by atoms with van der Waals surface area (Å²) in [7, 11) is 0. The van der Waals surface area contributed by atoms with Crippen LogP contribution in [0.25, 0.3) is 22.6 Å². The van der Waals surface area contributed by atoms with Crippen molar-refractivity contribution >= 4 is 28.7 Å². The summed E-state index contributed by atoms with van der Waals surface area (Å²) >= 11 is 6.52. The Balaban J connectivity index is 1.76. The maximum Gasteiger partial charge on any atom is 0.225 e. The highest BCUT2D eigenvalue weighted by molar-refractivity contribution is 6.33. The molecule has 7 heteroatoms. The maximum atomic E-state index is 6.52. The van der Waals surface area contributed by atoms with E-state index in [0.717, 1.165) is 54.2 Å². The number of hydrogen-bond donors (Lipinski definition) is 2. The quantitative estimate of drug-likeness (QED) is 0.496. The Morgan fingerprint density at radius 3 is 2.90 bits per heavy atom. The molecule has 2 N–H and O–H groups in total. The molecule has 0 saturated carbocycles. The van der Waals surface area contributed by atoms with E-state index in [1.807, 2.05) is 43.3 Å². The van der Waals surface area contributed by atoms with Gasteiger partial charge in [-0.05, 0) is 50.1 Å². The van der Waals surface area contributed by atoms with Crippen molar-refractivity contribution in [2.24, 2.45) is 5.92 Å². The Hall–Kier alpha value is -2.96. The summed E-state index contributed by atoms with van der Waals surface area (Å²) < 4.78 is 2.18. The molecule has 3 heterocycles. The van der Waals surface area contributed by atoms with Crippen LogP contribution in [0.5, 0.6) is 0 Å². The van der Waals surface area contributed by atoms with Crippen molar-refractivity contribution in [2.75, 3.05) is 18.4 Å². The minimum absolute atomic E-state index is 0.00797. The second kappa shape index (κ2) is 9.45. The summed E-state index contributed by atoms with van der Waals surface area (Å²) in [5.74, 6) is 1.89. The van der Waals surface area contributed by atoms with Crippen molar-refractivity contribution in [3.8, 4) is 11.4 Å². The number of hydrogen-bond acceptors (Lipinski definition) is 5. The predicted molar refractivity (Wildman–Crippen MR) is 128 cm³/mol. The molecule has 1 aliphatic rings. The highest BCUT2D eigenvalue weighted by Gasteiger charge is 2.22. The van der Waals surface area contributed by atoms with Crippen LogP contribution in [0.1, 0.15) is 13.3 Å². The van der Waals surface area contributed by atoms with Gasteiger partial charge >= 0.3 is 0 Å². The van der Waals surface area contributed by atoms with E-state index in [4.69, 9.17) is 21.6 Å². The first kappa shape index (κ1) is 21.3. The molecule has 0 bridgehead atoms. The summed E-state index contributed by atoms with van der Waals surface area (Å²) in [6.07, 6.45) is 8.39. The van der Waals surface area contributed by atoms with Crippen molar-refractivity contribution in [1.82, 2.24) is 24.8 Å². The van der Waals surface area contributed by atoms with E-state index in [-0.39, 0.29) is 6.04 Å². The number of anilines is 1. The first-order valence-electron chi connectivity index (χ1n) is 10.5. The summed E-state index contributed by atoms with van der Waals surface area (Å²) in [6, 6.07) is 7.78. The van der Waals surface area contributed by atoms with Gasteiger partial charge in [-0.1, -0.05) is 55.1 Å². The number of halogens is 1. The van der Waals surface area contributed by atoms with Crippen LogP contribution in [0, 0.1) is 5.92 Å². The van der Waals surface area contributed by atoms with Crippen LogP contribution in [0.15, 0.2) is 67.4 Å². The molecule has 2 aromatic heterocycles. The molecule has 31 heavy (non-hydrogen) atoms. The van der Waals surface area contributed by atoms with E-state index >= 15 is 0 Å². The average Bonchev–Trinajstić information content (AvgIpc) is 3.41. The van der Waals surface area contributed by atoms with Gasteiger partial charge in [-0.15, -0.1) is 0 Å². The third-order valence-corrected chi connectivity index (χ3v) is 5.93. The minimum atomic E-state index is -0.00797. The van der Waals surface area contributed by atoms with Gasteiger partial charge < -0.3 is 15.2 Å². The maximum absolute atomic E-state index is 6.52. The molecule has 1 saturated heterocycles. The lowest BCUT2D eigenvalue weighted by Crippen LogP contribution is -2.19. The molecule has 0 aliphatic carbocycles. The molecule has 0 amide bonds. The molecule has 3 aromatic rings. The Bertz CT molecular complexity index is 1130. The number of allylic oxidation sites excluding steroid dienone is 2. The van der Waals surface area contributed by atoms with E-state index in [9.17, 15) is 0 Å². The Labute approximate surface area is 187 Å². The lowest BCUT2D eigenvalue weighted by atomic mass is 10.1. The number of nitrogens with one attached hydrogen (secondary N) is 2. The highest BCUT2D eigenvalue weighted by atomic mass is 35.5. The van der Waals surface area contributed by atoms with E-state index in [1.54, 1.807) is 12.3 Å². The molecule has 160 valence electrons. The molecular weight excluding hydrogens is 408 g/mol. The zero-order valence-corrected chi connectivity index (χ0v) is 18.4. The van der Waals surface area contributed by atoms with Crippen molar-refractivity contribution in [2.45, 2.75) is 25.9 Å². The normalized spacial score (nSPS) is 17.6. The molecule has 1 fully saturated rings. The Morgan fingerprint density at radius 2 is 2.19 bits per heavy atom. The molecule has 4 rings (SSSR count). The third kappa shape index (κ3) is 4.55. The van der Waals surface area contributed by atoms with E-state index < -0.39 is 0 Å². The number of fused-ring (bicyclic) bond motifs is 1. The summed E-state index contributed by atoms with van der Waals surface area (Å²) in [4.78, 5) is 14.2. The van der Waals surface area contributed by atoms with Gasteiger partial charge in [-0.2, -0.15) is 4.98 Å². The standard InChI is InChI=1S/C24H27ClN6/c1-4-8-18(5-2)16(3)28-24-27-14-21-23(30-24)31(15-17-11-12-26-13-17)22(29-21)19-9-6-7-10-20(19)25/h4-10,14,16-17,26H,1-2,11-13,15H2,3H3,(H,27,28,30)/b18-8+/t16-,17?/m0/s1. The van der Waals surface area contributed by atoms with Crippen molar-refractivity contribution < 1.29 is 0 Å². The van der Waals surface area contributed by atoms with Gasteiger partial charge in [0.2, 0.25) is 5.95 Å². The number of rotatable bonds is 8. The fourth-order valence-electron chi connectivity index (χ4n) is 3.94. The van der Waals surface area contributed by atoms with Gasteiger partial charge in [-0.3, -0.25) is 0 Å². The summed E-state index contributed by atoms with van der Waals surface area (Å²) in [6.45, 7) is 12.5. The van der Waals surface area contributed by atoms with Crippen LogP contribution >= 0.6 is 11.6 Å². The number of aromatic nitrogens is 4. The molecule has 1 aromatic carbocycles. The third-order valence-electron chi connectivity index (χ3n) is 5.60. The van der Waals surface area contributed by atoms with Crippen LogP contribution in [0.3, 0.4) is 0 Å². The Kier molecular flexibility index (Phi) is 6.49. The molecule has 1 unspecified atom stereocenters. The SMILES string of the molecule is C=C/C=C(\C=C)[C@H](C)Nc1ncc2nc(-c3ccccc3Cl)n(CC3CCNC3)c2n1. The van der Waals surface area contributed by atoms with Crippen LogP contribution in [-0.2, 0) is 6.54 Å². The largest absolute Gasteiger partial charge is 0.348 e. The minimum Gasteiger partial charge on any atom is -0.348 e. The number of nitrogens with zero attached hydrogens (tertiary/aromatic N) is 4. The molecule has 2 atom stereocenters. The second-order valence-electron chi connectivity index (χ2n) is 7.76. The van der Waals surface area contributed by atoms with Crippen LogP contribution in [-0.4, -0.2) is 38.7 Å². The first-order chi connectivity index (χ1) is 15.1. The second-order valence-corrected chi connectivity index (χ2v) is 8.17. The van der Waals surface area contributed by atoms with Gasteiger partial charge in [0.05, 0.1) is 17.3 Å². The van der Waals surface area contributed by atoms with Gasteiger partial charge in [0.1, 0.15) is 11.3 Å². The lowest BCUT2D eigenvalue weighted by molar-refractivity contribution is 0.490. The zero-order valence-electron chi connectivity index (χ0n) is 17.7. The van der Waals surface area contributed by atoms with Crippen molar-refractivity contribution in [3.63, 3.8) is 0 Å². The summed E-state index contributed by atoms with van der Waals surface area (Å²) in [5, 5.41) is 7.48. The Morgan fingerprint density at radius 1 is 1.35 bits per heavy atom. The predicted octanol–water partition coefficient (Wildman–Crippen LogP) is 4.86. The molecule has 0 spiro atoms. The van der Waals surface area contributed by atoms with E-state index in [1.165, 1.54) is 0 Å². The highest BCUT2D eigenvalue weighted by Crippen LogP contribution is 2.31. The van der Waals surface area contributed by atoms with Gasteiger partial charge in [-0.25, -0.2) is 9.97 Å². The van der Waals surface area contributed by atoms with Crippen LogP contribution in [0.2, 0.25) is 5.02 Å². The van der Waals surface area contributed by atoms with Crippen LogP contribution < -0.4 is 10.6 Å². The fourth-order valence-corrected chi connectivity index (χ4v) is 4.16. The smallest absolute Gasteiger partial charge is 0.225 e. The monoisotopic (exact) mass is 434 g/mol. The molecule has 0 radical (unpaired) electrons. The van der Waals surface area contributed by atoms with Crippen molar-refractivity contribution in [1.29, 1.82) is 0 Å². The number of imidazole rings is 1. The fraction of sp³-hybridized carbons (Fsp3) is 0.292. The van der Waals surface area contributed by atoms with Gasteiger partial charge in [0, 0.05) is 12.1 Å². The molecular formula is C24H27ClN6. The topological polar surface area (TPSA) is 67.7 Å². The first-order valence-corrected chi connectivity index (χ1v) is 10.9. The van der Waals surface area contributed by atoms with Crippen molar-refractivity contribution in [3.05, 3.63) is 72.4 Å². The zero-order chi connectivity index (χ0) is 21.8. The molecule has 6 nitrogen and oxygen atoms in total. The van der Waals surface area contributed by atoms with Gasteiger partial charge in [0.25, 0.3) is 0 Å². The summed E-state index contributed by atoms with van der Waals surface area (Å²) in [5.41, 5.74) is 3.48.